The first kappa shape index (κ1) is 19.8. The summed E-state index contributed by atoms with van der Waals surface area (Å²) in [5.41, 5.74) is 1.60. The number of rotatable bonds is 7. The van der Waals surface area contributed by atoms with Crippen LogP contribution in [-0.2, 0) is 11.3 Å². The van der Waals surface area contributed by atoms with Gasteiger partial charge in [0.15, 0.2) is 17.3 Å². The Hall–Kier alpha value is -2.50. The molecule has 6 heteroatoms. The minimum absolute atomic E-state index is 0.136. The van der Waals surface area contributed by atoms with Crippen molar-refractivity contribution in [1.29, 1.82) is 0 Å². The highest BCUT2D eigenvalue weighted by molar-refractivity contribution is 5.78. The van der Waals surface area contributed by atoms with Crippen molar-refractivity contribution in [3.63, 3.8) is 0 Å². The molecule has 29 heavy (non-hydrogen) atoms. The second-order valence-electron chi connectivity index (χ2n) is 8.12. The van der Waals surface area contributed by atoms with E-state index in [0.717, 1.165) is 41.5 Å². The molecule has 0 spiro atoms. The van der Waals surface area contributed by atoms with Gasteiger partial charge in [-0.15, -0.1) is 0 Å². The number of carbonyl (C=O) groups is 1. The molecule has 0 radical (unpaired) electrons. The van der Waals surface area contributed by atoms with Crippen molar-refractivity contribution in [2.75, 3.05) is 13.2 Å². The number of amides is 1. The second-order valence-corrected chi connectivity index (χ2v) is 8.12. The Morgan fingerprint density at radius 3 is 2.69 bits per heavy atom. The summed E-state index contributed by atoms with van der Waals surface area (Å²) in [6, 6.07) is 7.57. The van der Waals surface area contributed by atoms with Crippen LogP contribution >= 0.6 is 0 Å². The molecule has 1 aliphatic heterocycles. The summed E-state index contributed by atoms with van der Waals surface area (Å²) < 4.78 is 16.6. The number of hydrogen-bond acceptors (Lipinski definition) is 5. The maximum absolute atomic E-state index is 12.5. The van der Waals surface area contributed by atoms with Crippen LogP contribution in [0, 0.1) is 11.8 Å². The summed E-state index contributed by atoms with van der Waals surface area (Å²) in [5.74, 6) is 3.21. The molecule has 156 valence electrons. The molecule has 0 atom stereocenters. The van der Waals surface area contributed by atoms with Gasteiger partial charge >= 0.3 is 0 Å². The molecule has 4 rings (SSSR count). The van der Waals surface area contributed by atoms with Crippen LogP contribution in [-0.4, -0.2) is 24.3 Å². The lowest BCUT2D eigenvalue weighted by Crippen LogP contribution is -2.32. The van der Waals surface area contributed by atoms with Crippen LogP contribution in [0.2, 0.25) is 0 Å². The molecule has 2 aromatic rings. The number of aromatic nitrogens is 1. The summed E-state index contributed by atoms with van der Waals surface area (Å²) in [6.45, 7) is 3.74. The molecule has 6 nitrogen and oxygen atoms in total. The van der Waals surface area contributed by atoms with E-state index in [4.69, 9.17) is 14.0 Å². The van der Waals surface area contributed by atoms with E-state index < -0.39 is 0 Å². The van der Waals surface area contributed by atoms with Crippen LogP contribution in [0.3, 0.4) is 0 Å². The van der Waals surface area contributed by atoms with Gasteiger partial charge < -0.3 is 19.3 Å². The predicted octanol–water partition coefficient (Wildman–Crippen LogP) is 4.73. The molecule has 1 aromatic heterocycles. The number of carbonyl (C=O) groups excluding carboxylic acids is 1. The molecular weight excluding hydrogens is 368 g/mol. The fourth-order valence-corrected chi connectivity index (χ4v) is 4.26. The first-order chi connectivity index (χ1) is 14.2. The van der Waals surface area contributed by atoms with Crippen molar-refractivity contribution in [3.8, 4) is 22.8 Å². The minimum Gasteiger partial charge on any atom is -0.486 e. The molecule has 0 bridgehead atoms. The Morgan fingerprint density at radius 1 is 1.10 bits per heavy atom. The van der Waals surface area contributed by atoms with Gasteiger partial charge in [0.2, 0.25) is 5.91 Å². The highest BCUT2D eigenvalue weighted by Gasteiger charge is 2.26. The average molecular weight is 399 g/mol. The minimum atomic E-state index is 0.136. The molecule has 1 amide bonds. The zero-order valence-electron chi connectivity index (χ0n) is 17.1. The van der Waals surface area contributed by atoms with Gasteiger partial charge in [-0.25, -0.2) is 0 Å². The molecule has 1 aliphatic carbocycles. The summed E-state index contributed by atoms with van der Waals surface area (Å²) in [7, 11) is 0. The van der Waals surface area contributed by atoms with E-state index in [0.29, 0.717) is 25.5 Å². The smallest absolute Gasteiger partial charge is 0.223 e. The number of hydrogen-bond donors (Lipinski definition) is 1. The summed E-state index contributed by atoms with van der Waals surface area (Å²) in [4.78, 5) is 12.5. The number of nitrogens with zero attached hydrogens (tertiary/aromatic N) is 1. The maximum Gasteiger partial charge on any atom is 0.223 e. The predicted molar refractivity (Wildman–Crippen MR) is 110 cm³/mol. The first-order valence-electron chi connectivity index (χ1n) is 10.9. The molecule has 1 N–H and O–H groups in total. The van der Waals surface area contributed by atoms with Crippen molar-refractivity contribution in [1.82, 2.24) is 10.5 Å². The molecule has 1 aromatic carbocycles. The Morgan fingerprint density at radius 2 is 1.90 bits per heavy atom. The Balaban J connectivity index is 1.28. The molecule has 2 heterocycles. The lowest BCUT2D eigenvalue weighted by molar-refractivity contribution is -0.126. The quantitative estimate of drug-likeness (QED) is 0.730. The van der Waals surface area contributed by atoms with E-state index in [1.54, 1.807) is 0 Å². The highest BCUT2D eigenvalue weighted by atomic mass is 16.6. The SMILES string of the molecule is CCCCC1CCC(C(=O)NCc2cc(-c3ccc4c(c3)OCCO4)on2)CC1. The summed E-state index contributed by atoms with van der Waals surface area (Å²) >= 11 is 0. The Labute approximate surface area is 171 Å². The average Bonchev–Trinajstić information content (AvgIpc) is 3.25. The lowest BCUT2D eigenvalue weighted by Gasteiger charge is -2.27. The van der Waals surface area contributed by atoms with Crippen molar-refractivity contribution in [2.45, 2.75) is 58.4 Å². The normalized spacial score (nSPS) is 21.0. The van der Waals surface area contributed by atoms with Crippen LogP contribution in [0.4, 0.5) is 0 Å². The van der Waals surface area contributed by atoms with Crippen LogP contribution < -0.4 is 14.8 Å². The zero-order valence-corrected chi connectivity index (χ0v) is 17.1. The summed E-state index contributed by atoms with van der Waals surface area (Å²) in [6.07, 6.45) is 8.23. The Kier molecular flexibility index (Phi) is 6.37. The van der Waals surface area contributed by atoms with E-state index in [1.807, 2.05) is 24.3 Å². The molecular formula is C23H30N2O4. The van der Waals surface area contributed by atoms with Crippen molar-refractivity contribution < 1.29 is 18.8 Å². The number of unbranched alkanes of at least 4 members (excludes halogenated alkanes) is 1. The van der Waals surface area contributed by atoms with Gasteiger partial charge in [-0.1, -0.05) is 31.3 Å². The molecule has 0 unspecified atom stereocenters. The lowest BCUT2D eigenvalue weighted by atomic mass is 9.79. The van der Waals surface area contributed by atoms with Crippen molar-refractivity contribution in [2.24, 2.45) is 11.8 Å². The standard InChI is InChI=1S/C23H30N2O4/c1-2-3-4-16-5-7-17(8-6-16)23(26)24-15-19-14-21(29-25-19)18-9-10-20-22(13-18)28-12-11-27-20/h9-10,13-14,16-17H,2-8,11-12,15H2,1H3,(H,24,26). The van der Waals surface area contributed by atoms with Gasteiger partial charge in [0, 0.05) is 17.5 Å². The van der Waals surface area contributed by atoms with Gasteiger partial charge in [-0.3, -0.25) is 4.79 Å². The van der Waals surface area contributed by atoms with E-state index in [2.05, 4.69) is 17.4 Å². The van der Waals surface area contributed by atoms with Crippen LogP contribution in [0.1, 0.15) is 57.6 Å². The van der Waals surface area contributed by atoms with Crippen molar-refractivity contribution >= 4 is 5.91 Å². The third-order valence-electron chi connectivity index (χ3n) is 6.01. The van der Waals surface area contributed by atoms with Gasteiger partial charge in [0.1, 0.15) is 18.9 Å². The van der Waals surface area contributed by atoms with Crippen LogP contribution in [0.5, 0.6) is 11.5 Å². The van der Waals surface area contributed by atoms with Gasteiger partial charge in [0.25, 0.3) is 0 Å². The third-order valence-corrected chi connectivity index (χ3v) is 6.01. The van der Waals surface area contributed by atoms with E-state index in [1.165, 1.54) is 32.1 Å². The second kappa shape index (κ2) is 9.33. The topological polar surface area (TPSA) is 73.6 Å². The van der Waals surface area contributed by atoms with Gasteiger partial charge in [-0.2, -0.15) is 0 Å². The fourth-order valence-electron chi connectivity index (χ4n) is 4.26. The summed E-state index contributed by atoms with van der Waals surface area (Å²) in [5, 5.41) is 7.14. The molecule has 2 aliphatic rings. The number of nitrogens with one attached hydrogen (secondary N) is 1. The van der Waals surface area contributed by atoms with Gasteiger partial charge in [-0.05, 0) is 49.8 Å². The first-order valence-corrected chi connectivity index (χ1v) is 10.9. The van der Waals surface area contributed by atoms with E-state index in [9.17, 15) is 4.79 Å². The van der Waals surface area contributed by atoms with Crippen LogP contribution in [0.25, 0.3) is 11.3 Å². The maximum atomic E-state index is 12.5. The van der Waals surface area contributed by atoms with E-state index in [-0.39, 0.29) is 11.8 Å². The largest absolute Gasteiger partial charge is 0.486 e. The van der Waals surface area contributed by atoms with E-state index >= 15 is 0 Å². The third kappa shape index (κ3) is 4.92. The molecule has 1 fully saturated rings. The monoisotopic (exact) mass is 398 g/mol. The number of benzene rings is 1. The van der Waals surface area contributed by atoms with Gasteiger partial charge in [0.05, 0.1) is 6.54 Å². The fraction of sp³-hybridized carbons (Fsp3) is 0.565. The molecule has 1 saturated carbocycles. The Bertz CT molecular complexity index is 824. The highest BCUT2D eigenvalue weighted by Crippen LogP contribution is 2.35. The molecule has 0 saturated heterocycles. The van der Waals surface area contributed by atoms with Crippen LogP contribution in [0.15, 0.2) is 28.8 Å². The number of ether oxygens (including phenoxy) is 2. The number of fused-ring (bicyclic) bond motifs is 1. The zero-order chi connectivity index (χ0) is 20.1. The van der Waals surface area contributed by atoms with Crippen molar-refractivity contribution in [3.05, 3.63) is 30.0 Å².